The molecule has 1 heterocycles. The monoisotopic (exact) mass is 362 g/mol. The number of ketones is 1. The summed E-state index contributed by atoms with van der Waals surface area (Å²) in [6.45, 7) is 0. The van der Waals surface area contributed by atoms with Gasteiger partial charge in [-0.05, 0) is 67.3 Å². The summed E-state index contributed by atoms with van der Waals surface area (Å²) < 4.78 is 0. The molecule has 25 heavy (non-hydrogen) atoms. The normalized spacial score (nSPS) is 35.1. The molecule has 0 unspecified atom stereocenters. The fourth-order valence-electron chi connectivity index (χ4n) is 6.79. The molecule has 0 radical (unpaired) electrons. The van der Waals surface area contributed by atoms with Gasteiger partial charge in [0.1, 0.15) is 5.78 Å². The van der Waals surface area contributed by atoms with Crippen LogP contribution in [-0.2, 0) is 4.79 Å². The van der Waals surface area contributed by atoms with Crippen LogP contribution in [0.25, 0.3) is 0 Å². The molecule has 2 atom stereocenters. The SMILES string of the molecule is O=C1C[C@H](C2CCCCC2)P(C2CCCCC2)[C@@H](C2CCCCC2)C1. The lowest BCUT2D eigenvalue weighted by Gasteiger charge is -2.50. The van der Waals surface area contributed by atoms with Crippen LogP contribution in [-0.4, -0.2) is 22.8 Å². The zero-order valence-electron chi connectivity index (χ0n) is 16.3. The maximum atomic E-state index is 12.8. The van der Waals surface area contributed by atoms with Gasteiger partial charge in [-0.3, -0.25) is 4.79 Å². The highest BCUT2D eigenvalue weighted by Crippen LogP contribution is 2.65. The third kappa shape index (κ3) is 4.34. The summed E-state index contributed by atoms with van der Waals surface area (Å²) in [4.78, 5) is 12.8. The van der Waals surface area contributed by atoms with Crippen LogP contribution >= 0.6 is 7.92 Å². The van der Waals surface area contributed by atoms with Crippen LogP contribution in [0.5, 0.6) is 0 Å². The highest BCUT2D eigenvalue weighted by Gasteiger charge is 2.46. The Morgan fingerprint density at radius 1 is 0.560 bits per heavy atom. The van der Waals surface area contributed by atoms with Gasteiger partial charge in [0.25, 0.3) is 0 Å². The lowest BCUT2D eigenvalue weighted by Crippen LogP contribution is -2.41. The number of hydrogen-bond donors (Lipinski definition) is 0. The van der Waals surface area contributed by atoms with E-state index in [9.17, 15) is 4.79 Å². The molecule has 4 aliphatic rings. The Labute approximate surface area is 156 Å². The molecule has 2 heteroatoms. The second-order valence-electron chi connectivity index (χ2n) is 9.62. The maximum Gasteiger partial charge on any atom is 0.134 e. The number of Topliss-reactive ketones (excluding diaryl/α,β-unsaturated/α-hetero) is 1. The van der Waals surface area contributed by atoms with E-state index in [2.05, 4.69) is 0 Å². The molecule has 142 valence electrons. The Morgan fingerprint density at radius 2 is 0.960 bits per heavy atom. The Hall–Kier alpha value is 0.100. The molecule has 4 fully saturated rings. The zero-order chi connectivity index (χ0) is 17.1. The van der Waals surface area contributed by atoms with Crippen LogP contribution < -0.4 is 0 Å². The van der Waals surface area contributed by atoms with Gasteiger partial charge in [-0.15, -0.1) is 0 Å². The van der Waals surface area contributed by atoms with Crippen LogP contribution in [0.3, 0.4) is 0 Å². The van der Waals surface area contributed by atoms with Gasteiger partial charge < -0.3 is 0 Å². The topological polar surface area (TPSA) is 17.1 Å². The molecular weight excluding hydrogens is 323 g/mol. The van der Waals surface area contributed by atoms with Crippen molar-refractivity contribution in [1.29, 1.82) is 0 Å². The van der Waals surface area contributed by atoms with Crippen molar-refractivity contribution >= 4 is 13.7 Å². The second kappa shape index (κ2) is 8.86. The predicted octanol–water partition coefficient (Wildman–Crippen LogP) is 7.06. The molecule has 0 bridgehead atoms. The Morgan fingerprint density at radius 3 is 1.40 bits per heavy atom. The Kier molecular flexibility index (Phi) is 6.54. The summed E-state index contributed by atoms with van der Waals surface area (Å²) in [6.07, 6.45) is 23.9. The summed E-state index contributed by atoms with van der Waals surface area (Å²) in [5.74, 6) is 2.48. The van der Waals surface area contributed by atoms with Crippen molar-refractivity contribution in [2.75, 3.05) is 0 Å². The largest absolute Gasteiger partial charge is 0.300 e. The van der Waals surface area contributed by atoms with Crippen molar-refractivity contribution in [3.05, 3.63) is 0 Å². The standard InChI is InChI=1S/C23H39OP/c24-20-16-22(18-10-4-1-5-11-18)25(21-14-8-3-9-15-21)23(17-20)19-12-6-2-7-13-19/h18-19,21-23H,1-17H2/t22-,23-/m1/s1. The van der Waals surface area contributed by atoms with Gasteiger partial charge in [-0.25, -0.2) is 0 Å². The van der Waals surface area contributed by atoms with Crippen molar-refractivity contribution in [3.63, 3.8) is 0 Å². The molecule has 1 saturated heterocycles. The number of carbonyl (C=O) groups is 1. The molecule has 4 rings (SSSR count). The lowest BCUT2D eigenvalue weighted by molar-refractivity contribution is -0.120. The molecular formula is C23H39OP. The van der Waals surface area contributed by atoms with Crippen molar-refractivity contribution in [1.82, 2.24) is 0 Å². The minimum atomic E-state index is 0.0901. The van der Waals surface area contributed by atoms with E-state index in [1.54, 1.807) is 0 Å². The van der Waals surface area contributed by atoms with Crippen LogP contribution in [0, 0.1) is 11.8 Å². The van der Waals surface area contributed by atoms with Crippen molar-refractivity contribution < 1.29 is 4.79 Å². The summed E-state index contributed by atoms with van der Waals surface area (Å²) in [5.41, 5.74) is 2.67. The average molecular weight is 363 g/mol. The molecule has 0 amide bonds. The van der Waals surface area contributed by atoms with Crippen molar-refractivity contribution in [2.24, 2.45) is 11.8 Å². The van der Waals surface area contributed by atoms with Crippen LogP contribution in [0.15, 0.2) is 0 Å². The van der Waals surface area contributed by atoms with E-state index in [1.807, 2.05) is 0 Å². The van der Waals surface area contributed by atoms with E-state index in [1.165, 1.54) is 96.3 Å². The Balaban J connectivity index is 1.58. The summed E-state index contributed by atoms with van der Waals surface area (Å²) >= 11 is 0. The van der Waals surface area contributed by atoms with Gasteiger partial charge in [0.2, 0.25) is 0 Å². The van der Waals surface area contributed by atoms with Crippen LogP contribution in [0.2, 0.25) is 0 Å². The maximum absolute atomic E-state index is 12.8. The molecule has 0 spiro atoms. The van der Waals surface area contributed by atoms with Crippen LogP contribution in [0.4, 0.5) is 0 Å². The molecule has 1 nitrogen and oxygen atoms in total. The van der Waals surface area contributed by atoms with Gasteiger partial charge in [0.05, 0.1) is 0 Å². The van der Waals surface area contributed by atoms with E-state index >= 15 is 0 Å². The molecule has 0 aromatic carbocycles. The molecule has 3 saturated carbocycles. The zero-order valence-corrected chi connectivity index (χ0v) is 17.2. The van der Waals surface area contributed by atoms with E-state index < -0.39 is 0 Å². The molecule has 3 aliphatic carbocycles. The fourth-order valence-corrected chi connectivity index (χ4v) is 11.7. The van der Waals surface area contributed by atoms with Gasteiger partial charge >= 0.3 is 0 Å². The van der Waals surface area contributed by atoms with E-state index in [4.69, 9.17) is 0 Å². The van der Waals surface area contributed by atoms with Gasteiger partial charge in [0, 0.05) is 12.8 Å². The molecule has 0 aromatic heterocycles. The highest BCUT2D eigenvalue weighted by atomic mass is 31.1. The first-order chi connectivity index (χ1) is 12.3. The first kappa shape index (κ1) is 18.5. The quantitative estimate of drug-likeness (QED) is 0.491. The van der Waals surface area contributed by atoms with Crippen molar-refractivity contribution in [2.45, 2.75) is 126 Å². The minimum Gasteiger partial charge on any atom is -0.300 e. The van der Waals surface area contributed by atoms with Gasteiger partial charge in [-0.1, -0.05) is 65.7 Å². The fraction of sp³-hybridized carbons (Fsp3) is 0.957. The lowest BCUT2D eigenvalue weighted by atomic mass is 9.82. The smallest absolute Gasteiger partial charge is 0.134 e. The number of rotatable bonds is 3. The van der Waals surface area contributed by atoms with E-state index in [0.717, 1.165) is 41.7 Å². The average Bonchev–Trinajstić information content (AvgIpc) is 2.69. The summed E-state index contributed by atoms with van der Waals surface area (Å²) in [5, 5.41) is 0. The first-order valence-corrected chi connectivity index (χ1v) is 13.2. The molecule has 1 aliphatic heterocycles. The van der Waals surface area contributed by atoms with E-state index in [0.29, 0.717) is 5.78 Å². The minimum absolute atomic E-state index is 0.0901. The molecule has 0 aromatic rings. The first-order valence-electron chi connectivity index (χ1n) is 11.6. The van der Waals surface area contributed by atoms with E-state index in [-0.39, 0.29) is 7.92 Å². The summed E-state index contributed by atoms with van der Waals surface area (Å²) in [6, 6.07) is 0. The van der Waals surface area contributed by atoms with Gasteiger partial charge in [-0.2, -0.15) is 0 Å². The molecule has 0 N–H and O–H groups in total. The third-order valence-corrected chi connectivity index (χ3v) is 12.1. The number of hydrogen-bond acceptors (Lipinski definition) is 1. The third-order valence-electron chi connectivity index (χ3n) is 8.02. The Bertz CT molecular complexity index is 399. The van der Waals surface area contributed by atoms with Crippen LogP contribution in [0.1, 0.15) is 109 Å². The second-order valence-corrected chi connectivity index (χ2v) is 12.6. The highest BCUT2D eigenvalue weighted by molar-refractivity contribution is 7.60. The van der Waals surface area contributed by atoms with Gasteiger partial charge in [0.15, 0.2) is 0 Å². The summed E-state index contributed by atoms with van der Waals surface area (Å²) in [7, 11) is 0.0901. The predicted molar refractivity (Wildman–Crippen MR) is 109 cm³/mol. The number of carbonyl (C=O) groups excluding carboxylic acids is 1. The van der Waals surface area contributed by atoms with Crippen molar-refractivity contribution in [3.8, 4) is 0 Å².